The van der Waals surface area contributed by atoms with Crippen molar-refractivity contribution in [2.75, 3.05) is 0 Å². The number of rotatable bonds is 5. The van der Waals surface area contributed by atoms with Crippen molar-refractivity contribution in [1.29, 1.82) is 0 Å². The summed E-state index contributed by atoms with van der Waals surface area (Å²) in [5, 5.41) is 0. The third kappa shape index (κ3) is 2.31. The molecule has 1 heterocycles. The molecule has 3 aliphatic carbocycles. The SMILES string of the molecule is C[C@H]1C[C@@H]1c1ccc(CN(C(=O)C2CC2)C2CC2)o1. The lowest BCUT2D eigenvalue weighted by atomic mass is 10.2. The molecular weight excluding hydrogens is 238 g/mol. The van der Waals surface area contributed by atoms with E-state index in [2.05, 4.69) is 24.0 Å². The molecule has 0 N–H and O–H groups in total. The summed E-state index contributed by atoms with van der Waals surface area (Å²) in [5.74, 6) is 4.17. The molecule has 1 amide bonds. The zero-order valence-electron chi connectivity index (χ0n) is 11.5. The van der Waals surface area contributed by atoms with Crippen LogP contribution in [0.5, 0.6) is 0 Å². The second-order valence-corrected chi connectivity index (χ2v) is 6.60. The number of nitrogens with zero attached hydrogens (tertiary/aromatic N) is 1. The van der Waals surface area contributed by atoms with Crippen molar-refractivity contribution in [3.05, 3.63) is 23.7 Å². The lowest BCUT2D eigenvalue weighted by Crippen LogP contribution is -2.33. The maximum atomic E-state index is 12.3. The Morgan fingerprint density at radius 2 is 2.05 bits per heavy atom. The number of carbonyl (C=O) groups excluding carboxylic acids is 1. The molecule has 2 atom stereocenters. The number of hydrogen-bond donors (Lipinski definition) is 0. The van der Waals surface area contributed by atoms with E-state index in [1.54, 1.807) is 0 Å². The van der Waals surface area contributed by atoms with Crippen LogP contribution in [0.3, 0.4) is 0 Å². The first-order chi connectivity index (χ1) is 9.22. The smallest absolute Gasteiger partial charge is 0.226 e. The predicted octanol–water partition coefficient (Wildman–Crippen LogP) is 3.30. The van der Waals surface area contributed by atoms with E-state index >= 15 is 0 Å². The highest BCUT2D eigenvalue weighted by atomic mass is 16.3. The summed E-state index contributed by atoms with van der Waals surface area (Å²) in [5.41, 5.74) is 0. The maximum absolute atomic E-state index is 12.3. The Labute approximate surface area is 114 Å². The van der Waals surface area contributed by atoms with Gasteiger partial charge >= 0.3 is 0 Å². The zero-order chi connectivity index (χ0) is 13.0. The van der Waals surface area contributed by atoms with Crippen LogP contribution in [0, 0.1) is 11.8 Å². The van der Waals surface area contributed by atoms with Gasteiger partial charge in [0.15, 0.2) is 0 Å². The van der Waals surface area contributed by atoms with Gasteiger partial charge in [-0.3, -0.25) is 4.79 Å². The van der Waals surface area contributed by atoms with Gasteiger partial charge in [0.05, 0.1) is 6.54 Å². The van der Waals surface area contributed by atoms with Gasteiger partial charge in [-0.15, -0.1) is 0 Å². The quantitative estimate of drug-likeness (QED) is 0.813. The fraction of sp³-hybridized carbons (Fsp3) is 0.688. The van der Waals surface area contributed by atoms with Crippen LogP contribution >= 0.6 is 0 Å². The molecule has 102 valence electrons. The summed E-state index contributed by atoms with van der Waals surface area (Å²) in [6.07, 6.45) is 5.77. The second kappa shape index (κ2) is 4.12. The molecule has 4 rings (SSSR count). The summed E-state index contributed by atoms with van der Waals surface area (Å²) >= 11 is 0. The minimum absolute atomic E-state index is 0.318. The lowest BCUT2D eigenvalue weighted by molar-refractivity contribution is -0.134. The fourth-order valence-corrected chi connectivity index (χ4v) is 2.90. The molecule has 1 aromatic rings. The Balaban J connectivity index is 1.45. The van der Waals surface area contributed by atoms with Crippen LogP contribution in [0.2, 0.25) is 0 Å². The van der Waals surface area contributed by atoms with E-state index in [1.807, 2.05) is 0 Å². The van der Waals surface area contributed by atoms with Gasteiger partial charge in [0.25, 0.3) is 0 Å². The van der Waals surface area contributed by atoms with E-state index in [0.717, 1.165) is 30.3 Å². The molecule has 3 saturated carbocycles. The van der Waals surface area contributed by atoms with Gasteiger partial charge in [-0.25, -0.2) is 0 Å². The van der Waals surface area contributed by atoms with Gasteiger partial charge in [0, 0.05) is 17.9 Å². The lowest BCUT2D eigenvalue weighted by Gasteiger charge is -2.21. The van der Waals surface area contributed by atoms with Crippen molar-refractivity contribution < 1.29 is 9.21 Å². The van der Waals surface area contributed by atoms with Crippen molar-refractivity contribution in [3.8, 4) is 0 Å². The molecular formula is C16H21NO2. The summed E-state index contributed by atoms with van der Waals surface area (Å²) in [4.78, 5) is 14.3. The van der Waals surface area contributed by atoms with E-state index in [1.165, 1.54) is 19.3 Å². The molecule has 3 fully saturated rings. The number of amides is 1. The maximum Gasteiger partial charge on any atom is 0.226 e. The van der Waals surface area contributed by atoms with E-state index in [0.29, 0.717) is 30.3 Å². The first-order valence-electron chi connectivity index (χ1n) is 7.61. The molecule has 3 heteroatoms. The number of carbonyl (C=O) groups is 1. The summed E-state index contributed by atoms with van der Waals surface area (Å²) in [6, 6.07) is 4.66. The molecule has 0 saturated heterocycles. The summed E-state index contributed by atoms with van der Waals surface area (Å²) < 4.78 is 5.94. The molecule has 3 nitrogen and oxygen atoms in total. The molecule has 3 aliphatic rings. The van der Waals surface area contributed by atoms with Crippen LogP contribution in [0.25, 0.3) is 0 Å². The van der Waals surface area contributed by atoms with Gasteiger partial charge in [-0.05, 0) is 50.2 Å². The van der Waals surface area contributed by atoms with Crippen molar-refractivity contribution >= 4 is 5.91 Å². The highest BCUT2D eigenvalue weighted by Crippen LogP contribution is 2.47. The normalized spacial score (nSPS) is 29.3. The zero-order valence-corrected chi connectivity index (χ0v) is 11.5. The average molecular weight is 259 g/mol. The Hall–Kier alpha value is -1.25. The largest absolute Gasteiger partial charge is 0.464 e. The van der Waals surface area contributed by atoms with Crippen LogP contribution < -0.4 is 0 Å². The van der Waals surface area contributed by atoms with Crippen molar-refractivity contribution in [1.82, 2.24) is 4.90 Å². The Morgan fingerprint density at radius 3 is 2.63 bits per heavy atom. The average Bonchev–Trinajstić information content (AvgIpc) is 3.24. The number of hydrogen-bond acceptors (Lipinski definition) is 2. The standard InChI is InChI=1S/C16H21NO2/c1-10-8-14(10)15-7-6-13(19-15)9-17(12-4-5-12)16(18)11-2-3-11/h6-7,10-12,14H,2-5,8-9H2,1H3/t10-,14-/m0/s1. The highest BCUT2D eigenvalue weighted by molar-refractivity contribution is 5.81. The summed E-state index contributed by atoms with van der Waals surface area (Å²) in [6.45, 7) is 2.95. The highest BCUT2D eigenvalue weighted by Gasteiger charge is 2.41. The van der Waals surface area contributed by atoms with Crippen LogP contribution in [-0.2, 0) is 11.3 Å². The Kier molecular flexibility index (Phi) is 2.51. The minimum atomic E-state index is 0.318. The fourth-order valence-electron chi connectivity index (χ4n) is 2.90. The van der Waals surface area contributed by atoms with Crippen molar-refractivity contribution in [3.63, 3.8) is 0 Å². The third-order valence-corrected chi connectivity index (χ3v) is 4.68. The molecule has 0 bridgehead atoms. The third-order valence-electron chi connectivity index (χ3n) is 4.68. The molecule has 19 heavy (non-hydrogen) atoms. The van der Waals surface area contributed by atoms with Gasteiger partial charge in [0.1, 0.15) is 11.5 Å². The van der Waals surface area contributed by atoms with Gasteiger partial charge in [-0.1, -0.05) is 6.92 Å². The van der Waals surface area contributed by atoms with Gasteiger partial charge in [0.2, 0.25) is 5.91 Å². The second-order valence-electron chi connectivity index (χ2n) is 6.60. The van der Waals surface area contributed by atoms with E-state index in [-0.39, 0.29) is 0 Å². The first-order valence-corrected chi connectivity index (χ1v) is 7.61. The van der Waals surface area contributed by atoms with Crippen LogP contribution in [0.15, 0.2) is 16.5 Å². The van der Waals surface area contributed by atoms with Crippen LogP contribution in [0.4, 0.5) is 0 Å². The van der Waals surface area contributed by atoms with Crippen LogP contribution in [-0.4, -0.2) is 16.8 Å². The molecule has 0 aromatic carbocycles. The van der Waals surface area contributed by atoms with E-state index in [4.69, 9.17) is 4.42 Å². The van der Waals surface area contributed by atoms with Crippen molar-refractivity contribution in [2.24, 2.45) is 11.8 Å². The monoisotopic (exact) mass is 259 g/mol. The minimum Gasteiger partial charge on any atom is -0.464 e. The van der Waals surface area contributed by atoms with E-state index < -0.39 is 0 Å². The van der Waals surface area contributed by atoms with Gasteiger partial charge in [-0.2, -0.15) is 0 Å². The summed E-state index contributed by atoms with van der Waals surface area (Å²) in [7, 11) is 0. The Bertz CT molecular complexity index is 499. The molecule has 1 aromatic heterocycles. The van der Waals surface area contributed by atoms with Crippen molar-refractivity contribution in [2.45, 2.75) is 57.5 Å². The molecule has 0 unspecified atom stereocenters. The van der Waals surface area contributed by atoms with Crippen LogP contribution in [0.1, 0.15) is 56.5 Å². The molecule has 0 spiro atoms. The first kappa shape index (κ1) is 11.6. The predicted molar refractivity (Wildman–Crippen MR) is 71.5 cm³/mol. The molecule has 0 radical (unpaired) electrons. The number of furan rings is 1. The Morgan fingerprint density at radius 1 is 1.32 bits per heavy atom. The van der Waals surface area contributed by atoms with Gasteiger partial charge < -0.3 is 9.32 Å². The van der Waals surface area contributed by atoms with E-state index in [9.17, 15) is 4.79 Å². The molecule has 0 aliphatic heterocycles. The topological polar surface area (TPSA) is 33.5 Å².